The van der Waals surface area contributed by atoms with Crippen LogP contribution in [0, 0.1) is 20.8 Å². The van der Waals surface area contributed by atoms with Gasteiger partial charge in [0.25, 0.3) is 0 Å². The topological polar surface area (TPSA) is 0 Å². The van der Waals surface area contributed by atoms with Crippen molar-refractivity contribution in [2.24, 2.45) is 0 Å². The van der Waals surface area contributed by atoms with E-state index in [-0.39, 0.29) is 21.1 Å². The summed E-state index contributed by atoms with van der Waals surface area (Å²) in [4.78, 5) is 0. The van der Waals surface area contributed by atoms with Crippen molar-refractivity contribution in [3.63, 3.8) is 0 Å². The van der Waals surface area contributed by atoms with Crippen molar-refractivity contribution in [2.45, 2.75) is 59.3 Å². The molecule has 0 saturated heterocycles. The molecule has 1 radical (unpaired) electrons. The van der Waals surface area contributed by atoms with Crippen LogP contribution in [0.3, 0.4) is 0 Å². The zero-order valence-corrected chi connectivity index (χ0v) is 11.8. The third-order valence-corrected chi connectivity index (χ3v) is 1.06. The summed E-state index contributed by atoms with van der Waals surface area (Å²) in [5.74, 6) is 0. The van der Waals surface area contributed by atoms with Crippen LogP contribution in [0.4, 0.5) is 0 Å². The summed E-state index contributed by atoms with van der Waals surface area (Å²) in [6.45, 7) is 17.2. The van der Waals surface area contributed by atoms with E-state index in [0.29, 0.717) is 0 Å². The van der Waals surface area contributed by atoms with E-state index in [4.69, 9.17) is 0 Å². The van der Waals surface area contributed by atoms with Gasteiger partial charge in [0, 0.05) is 0 Å². The summed E-state index contributed by atoms with van der Waals surface area (Å²) in [5.41, 5.74) is 0. The molecule has 0 bridgehead atoms. The van der Waals surface area contributed by atoms with Gasteiger partial charge in [0.2, 0.25) is 0 Å². The molecule has 1 heteroatoms. The molecule has 81 valence electrons. The molecule has 0 aliphatic rings. The molecule has 0 aromatic heterocycles. The van der Waals surface area contributed by atoms with Gasteiger partial charge in [0.15, 0.2) is 0 Å². The van der Waals surface area contributed by atoms with E-state index < -0.39 is 0 Å². The van der Waals surface area contributed by atoms with E-state index in [2.05, 4.69) is 41.5 Å². The van der Waals surface area contributed by atoms with E-state index in [1.807, 2.05) is 0 Å². The summed E-state index contributed by atoms with van der Waals surface area (Å²) < 4.78 is 0. The van der Waals surface area contributed by atoms with Crippen LogP contribution in [0.15, 0.2) is 0 Å². The van der Waals surface area contributed by atoms with Crippen LogP contribution >= 0.6 is 0 Å². The fourth-order valence-electron chi connectivity index (χ4n) is 0. The molecule has 0 aliphatic heterocycles. The van der Waals surface area contributed by atoms with E-state index in [1.165, 1.54) is 19.3 Å². The number of rotatable bonds is 3. The maximum absolute atomic E-state index is 3.60. The molecule has 0 nitrogen and oxygen atoms in total. The van der Waals surface area contributed by atoms with E-state index >= 15 is 0 Å². The minimum atomic E-state index is 0. The molecule has 0 aromatic rings. The van der Waals surface area contributed by atoms with Crippen LogP contribution in [-0.4, -0.2) is 0 Å². The smallest absolute Gasteiger partial charge is 0.343 e. The normalized spacial score (nSPS) is 6.92. The first kappa shape index (κ1) is 23.5. The van der Waals surface area contributed by atoms with Crippen molar-refractivity contribution in [1.29, 1.82) is 0 Å². The van der Waals surface area contributed by atoms with E-state index in [9.17, 15) is 0 Å². The molecular weight excluding hydrogens is 240 g/mol. The van der Waals surface area contributed by atoms with Gasteiger partial charge in [-0.1, -0.05) is 40.0 Å². The van der Waals surface area contributed by atoms with Crippen LogP contribution < -0.4 is 0 Å². The average Bonchev–Trinajstić information content (AvgIpc) is 2.18. The Labute approximate surface area is 101 Å². The molecule has 13 heavy (non-hydrogen) atoms. The average molecular weight is 267 g/mol. The van der Waals surface area contributed by atoms with Crippen LogP contribution in [0.1, 0.15) is 59.3 Å². The molecule has 0 heterocycles. The third-order valence-electron chi connectivity index (χ3n) is 1.06. The Morgan fingerprint density at radius 2 is 0.692 bits per heavy atom. The molecular formula is C12H27Mo. The number of hydrogen-bond donors (Lipinski definition) is 0. The Hall–Kier alpha value is 0.688. The minimum Gasteiger partial charge on any atom is -0.343 e. The summed E-state index contributed by atoms with van der Waals surface area (Å²) in [6.07, 6.45) is 6.83. The van der Waals surface area contributed by atoms with Gasteiger partial charge in [0.05, 0.1) is 0 Å². The molecule has 0 fully saturated rings. The summed E-state index contributed by atoms with van der Waals surface area (Å²) >= 11 is 0. The van der Waals surface area contributed by atoms with Crippen LogP contribution in [0.2, 0.25) is 0 Å². The van der Waals surface area contributed by atoms with Gasteiger partial charge in [-0.15, -0.1) is 0 Å². The molecule has 0 atom stereocenters. The van der Waals surface area contributed by atoms with E-state index in [0.717, 1.165) is 19.3 Å². The second-order valence-electron chi connectivity index (χ2n) is 2.56. The number of unbranched alkanes of at least 4 members (excludes halogenated alkanes) is 3. The molecule has 0 rings (SSSR count). The van der Waals surface area contributed by atoms with Gasteiger partial charge < -0.3 is 20.8 Å². The van der Waals surface area contributed by atoms with Gasteiger partial charge in [-0.2, -0.15) is 19.3 Å². The second-order valence-corrected chi connectivity index (χ2v) is 2.56. The van der Waals surface area contributed by atoms with Crippen molar-refractivity contribution >= 4 is 0 Å². The van der Waals surface area contributed by atoms with Gasteiger partial charge in [-0.25, -0.2) is 0 Å². The predicted octanol–water partition coefficient (Wildman–Crippen LogP) is 4.86. The zero-order valence-electron chi connectivity index (χ0n) is 9.77. The monoisotopic (exact) mass is 269 g/mol. The zero-order chi connectivity index (χ0) is 10.2. The molecule has 0 unspecified atom stereocenters. The van der Waals surface area contributed by atoms with Crippen molar-refractivity contribution < 1.29 is 21.1 Å². The molecule has 0 aromatic carbocycles. The van der Waals surface area contributed by atoms with Crippen molar-refractivity contribution in [1.82, 2.24) is 0 Å². The molecule has 0 N–H and O–H groups in total. The molecule has 0 saturated carbocycles. The SMILES string of the molecule is [CH2-]CCC.[CH2-]CCC.[CH2-]CCC.[Mo+3]. The summed E-state index contributed by atoms with van der Waals surface area (Å²) in [6, 6.07) is 0. The van der Waals surface area contributed by atoms with Crippen molar-refractivity contribution in [3.05, 3.63) is 20.8 Å². The summed E-state index contributed by atoms with van der Waals surface area (Å²) in [5, 5.41) is 0. The van der Waals surface area contributed by atoms with Gasteiger partial charge in [-0.05, 0) is 0 Å². The number of hydrogen-bond acceptors (Lipinski definition) is 0. The maximum atomic E-state index is 3.60. The first-order valence-electron chi connectivity index (χ1n) is 5.12. The van der Waals surface area contributed by atoms with E-state index in [1.54, 1.807) is 0 Å². The Kier molecular flexibility index (Phi) is 70.0. The minimum absolute atomic E-state index is 0. The van der Waals surface area contributed by atoms with Crippen LogP contribution in [0.5, 0.6) is 0 Å². The van der Waals surface area contributed by atoms with Gasteiger partial charge in [-0.3, -0.25) is 0 Å². The fraction of sp³-hybridized carbons (Fsp3) is 0.750. The fourth-order valence-corrected chi connectivity index (χ4v) is 0. The van der Waals surface area contributed by atoms with Crippen molar-refractivity contribution in [2.75, 3.05) is 0 Å². The third kappa shape index (κ3) is 107. The first-order valence-corrected chi connectivity index (χ1v) is 5.12. The largest absolute Gasteiger partial charge is 3.00 e. The van der Waals surface area contributed by atoms with Gasteiger partial charge in [0.1, 0.15) is 0 Å². The molecule has 0 amide bonds. The Bertz CT molecular complexity index is 20.6. The Morgan fingerprint density at radius 1 is 0.615 bits per heavy atom. The Morgan fingerprint density at radius 3 is 0.692 bits per heavy atom. The second kappa shape index (κ2) is 38.8. The first-order chi connectivity index (χ1) is 5.74. The Balaban J connectivity index is -0.0000000450. The summed E-state index contributed by atoms with van der Waals surface area (Å²) in [7, 11) is 0. The maximum Gasteiger partial charge on any atom is 3.00 e. The quantitative estimate of drug-likeness (QED) is 0.506. The standard InChI is InChI=1S/3C4H9.Mo/c3*1-3-4-2;/h3*1,3-4H2,2H3;/q3*-1;+3. The predicted molar refractivity (Wildman–Crippen MR) is 60.8 cm³/mol. The molecule has 0 spiro atoms. The van der Waals surface area contributed by atoms with Gasteiger partial charge >= 0.3 is 21.1 Å². The van der Waals surface area contributed by atoms with Crippen LogP contribution in [-0.2, 0) is 21.1 Å². The van der Waals surface area contributed by atoms with Crippen LogP contribution in [0.25, 0.3) is 0 Å². The van der Waals surface area contributed by atoms with Crippen molar-refractivity contribution in [3.8, 4) is 0 Å². The molecule has 0 aliphatic carbocycles.